The van der Waals surface area contributed by atoms with Gasteiger partial charge in [-0.1, -0.05) is 29.4 Å². The quantitative estimate of drug-likeness (QED) is 0.678. The molecule has 4 nitrogen and oxygen atoms in total. The van der Waals surface area contributed by atoms with Crippen molar-refractivity contribution in [2.45, 2.75) is 11.0 Å². The molecule has 0 amide bonds. The lowest BCUT2D eigenvalue weighted by Gasteiger charge is -1.95. The number of thiophene rings is 1. The van der Waals surface area contributed by atoms with E-state index >= 15 is 0 Å². The SMILES string of the molecule is Clc1ccc(-c2nnc(SCc3ccccn3)o2)s1. The highest BCUT2D eigenvalue weighted by atomic mass is 35.5. The molecule has 0 radical (unpaired) electrons. The van der Waals surface area contributed by atoms with Crippen LogP contribution in [0.15, 0.2) is 46.2 Å². The minimum atomic E-state index is 0.500. The number of thioether (sulfide) groups is 1. The van der Waals surface area contributed by atoms with Gasteiger partial charge in [-0.15, -0.1) is 21.5 Å². The van der Waals surface area contributed by atoms with E-state index in [0.29, 0.717) is 21.2 Å². The molecule has 3 aromatic heterocycles. The summed E-state index contributed by atoms with van der Waals surface area (Å²) in [6, 6.07) is 9.48. The molecule has 0 fully saturated rings. The summed E-state index contributed by atoms with van der Waals surface area (Å²) in [4.78, 5) is 5.11. The predicted molar refractivity (Wildman–Crippen MR) is 76.4 cm³/mol. The number of aromatic nitrogens is 3. The molecule has 0 aliphatic carbocycles. The molecule has 7 heteroatoms. The van der Waals surface area contributed by atoms with Crippen LogP contribution in [0.25, 0.3) is 10.8 Å². The van der Waals surface area contributed by atoms with E-state index in [1.165, 1.54) is 23.1 Å². The van der Waals surface area contributed by atoms with Gasteiger partial charge in [-0.25, -0.2) is 0 Å². The van der Waals surface area contributed by atoms with Crippen molar-refractivity contribution in [3.63, 3.8) is 0 Å². The van der Waals surface area contributed by atoms with E-state index in [1.54, 1.807) is 6.20 Å². The molecule has 0 unspecified atom stereocenters. The van der Waals surface area contributed by atoms with Crippen LogP contribution < -0.4 is 0 Å². The van der Waals surface area contributed by atoms with Gasteiger partial charge >= 0.3 is 0 Å². The van der Waals surface area contributed by atoms with Crippen LogP contribution in [0.5, 0.6) is 0 Å². The molecule has 0 bridgehead atoms. The summed E-state index contributed by atoms with van der Waals surface area (Å²) in [5.41, 5.74) is 0.978. The van der Waals surface area contributed by atoms with Crippen LogP contribution in [0, 0.1) is 0 Å². The maximum absolute atomic E-state index is 5.87. The third-order valence-corrected chi connectivity index (χ3v) is 4.33. The highest BCUT2D eigenvalue weighted by Crippen LogP contribution is 2.31. The fourth-order valence-electron chi connectivity index (χ4n) is 1.42. The van der Waals surface area contributed by atoms with E-state index in [2.05, 4.69) is 15.2 Å². The number of nitrogens with zero attached hydrogens (tertiary/aromatic N) is 3. The summed E-state index contributed by atoms with van der Waals surface area (Å²) in [6.07, 6.45) is 1.77. The minimum absolute atomic E-state index is 0.500. The van der Waals surface area contributed by atoms with Crippen LogP contribution >= 0.6 is 34.7 Å². The van der Waals surface area contributed by atoms with Crippen LogP contribution in [0.2, 0.25) is 4.34 Å². The van der Waals surface area contributed by atoms with Crippen LogP contribution in [0.1, 0.15) is 5.69 Å². The van der Waals surface area contributed by atoms with Gasteiger partial charge in [-0.2, -0.15) is 0 Å². The maximum Gasteiger partial charge on any atom is 0.277 e. The fraction of sp³-hybridized carbons (Fsp3) is 0.0833. The number of rotatable bonds is 4. The van der Waals surface area contributed by atoms with Crippen LogP contribution in [0.4, 0.5) is 0 Å². The molecule has 3 rings (SSSR count). The van der Waals surface area contributed by atoms with Crippen molar-refractivity contribution in [3.8, 4) is 10.8 Å². The third-order valence-electron chi connectivity index (χ3n) is 2.26. The molecule has 19 heavy (non-hydrogen) atoms. The largest absolute Gasteiger partial charge is 0.410 e. The van der Waals surface area contributed by atoms with Gasteiger partial charge in [0, 0.05) is 11.9 Å². The summed E-state index contributed by atoms with van der Waals surface area (Å²) in [5.74, 6) is 1.20. The summed E-state index contributed by atoms with van der Waals surface area (Å²) < 4.78 is 6.27. The Labute approximate surface area is 122 Å². The van der Waals surface area contributed by atoms with Gasteiger partial charge in [0.2, 0.25) is 0 Å². The summed E-state index contributed by atoms with van der Waals surface area (Å²) in [6.45, 7) is 0. The standard InChI is InChI=1S/C12H8ClN3OS2/c13-10-5-4-9(19-10)11-15-16-12(17-11)18-7-8-3-1-2-6-14-8/h1-6H,7H2. The highest BCUT2D eigenvalue weighted by Gasteiger charge is 2.11. The van der Waals surface area contributed by atoms with Gasteiger partial charge in [0.25, 0.3) is 11.1 Å². The van der Waals surface area contributed by atoms with Gasteiger partial charge in [-0.3, -0.25) is 4.98 Å². The molecular weight excluding hydrogens is 302 g/mol. The molecule has 0 saturated heterocycles. The van der Waals surface area contributed by atoms with E-state index in [0.717, 1.165) is 10.6 Å². The first-order chi connectivity index (χ1) is 9.31. The topological polar surface area (TPSA) is 51.8 Å². The number of hydrogen-bond donors (Lipinski definition) is 0. The van der Waals surface area contributed by atoms with E-state index in [9.17, 15) is 0 Å². The fourth-order valence-corrected chi connectivity index (χ4v) is 3.06. The Kier molecular flexibility index (Phi) is 3.82. The molecule has 0 saturated carbocycles. The molecule has 0 atom stereocenters. The van der Waals surface area contributed by atoms with Crippen molar-refractivity contribution in [1.29, 1.82) is 0 Å². The number of pyridine rings is 1. The first kappa shape index (κ1) is 12.7. The Morgan fingerprint density at radius 2 is 2.16 bits per heavy atom. The van der Waals surface area contributed by atoms with Crippen LogP contribution in [-0.2, 0) is 5.75 Å². The first-order valence-corrected chi connectivity index (χ1v) is 7.61. The second-order valence-electron chi connectivity index (χ2n) is 3.59. The van der Waals surface area contributed by atoms with Crippen molar-refractivity contribution in [2.24, 2.45) is 0 Å². The van der Waals surface area contributed by atoms with Crippen molar-refractivity contribution in [3.05, 3.63) is 46.6 Å². The molecule has 0 aliphatic heterocycles. The van der Waals surface area contributed by atoms with Crippen LogP contribution in [-0.4, -0.2) is 15.2 Å². The Balaban J connectivity index is 1.68. The third kappa shape index (κ3) is 3.15. The average molecular weight is 310 g/mol. The summed E-state index contributed by atoms with van der Waals surface area (Å²) >= 11 is 8.75. The van der Waals surface area contributed by atoms with E-state index < -0.39 is 0 Å². The van der Waals surface area contributed by atoms with E-state index in [-0.39, 0.29) is 0 Å². The maximum atomic E-state index is 5.87. The lowest BCUT2D eigenvalue weighted by Crippen LogP contribution is -1.84. The molecular formula is C12H8ClN3OS2. The normalized spacial score (nSPS) is 10.8. The van der Waals surface area contributed by atoms with Gasteiger partial charge in [0.1, 0.15) is 0 Å². The van der Waals surface area contributed by atoms with Gasteiger partial charge in [0.05, 0.1) is 14.9 Å². The van der Waals surface area contributed by atoms with Gasteiger partial charge in [0.15, 0.2) is 0 Å². The summed E-state index contributed by atoms with van der Waals surface area (Å²) in [7, 11) is 0. The van der Waals surface area contributed by atoms with E-state index in [1.807, 2.05) is 30.3 Å². The second-order valence-corrected chi connectivity index (χ2v) is 6.23. The molecule has 3 heterocycles. The zero-order valence-corrected chi connectivity index (χ0v) is 12.0. The van der Waals surface area contributed by atoms with Crippen molar-refractivity contribution in [1.82, 2.24) is 15.2 Å². The molecule has 3 aromatic rings. The van der Waals surface area contributed by atoms with Gasteiger partial charge in [-0.05, 0) is 24.3 Å². The second kappa shape index (κ2) is 5.73. The zero-order valence-electron chi connectivity index (χ0n) is 9.62. The lowest BCUT2D eigenvalue weighted by molar-refractivity contribution is 0.466. The van der Waals surface area contributed by atoms with Crippen molar-refractivity contribution in [2.75, 3.05) is 0 Å². The first-order valence-electron chi connectivity index (χ1n) is 5.43. The molecule has 0 aromatic carbocycles. The summed E-state index contributed by atoms with van der Waals surface area (Å²) in [5, 5.41) is 8.54. The lowest BCUT2D eigenvalue weighted by atomic mass is 10.4. The molecule has 96 valence electrons. The number of halogens is 1. The van der Waals surface area contributed by atoms with Crippen LogP contribution in [0.3, 0.4) is 0 Å². The molecule has 0 N–H and O–H groups in total. The average Bonchev–Trinajstić information content (AvgIpc) is 3.06. The number of hydrogen-bond acceptors (Lipinski definition) is 6. The minimum Gasteiger partial charge on any atom is -0.410 e. The van der Waals surface area contributed by atoms with Crippen molar-refractivity contribution >= 4 is 34.7 Å². The smallest absolute Gasteiger partial charge is 0.277 e. The molecule has 0 aliphatic rings. The Morgan fingerprint density at radius 3 is 2.89 bits per heavy atom. The van der Waals surface area contributed by atoms with E-state index in [4.69, 9.17) is 16.0 Å². The Morgan fingerprint density at radius 1 is 1.21 bits per heavy atom. The Bertz CT molecular complexity index is 668. The Hall–Kier alpha value is -1.37. The monoisotopic (exact) mass is 309 g/mol. The zero-order chi connectivity index (χ0) is 13.1. The predicted octanol–water partition coefficient (Wildman–Crippen LogP) is 4.14. The highest BCUT2D eigenvalue weighted by molar-refractivity contribution is 7.98. The molecule has 0 spiro atoms. The van der Waals surface area contributed by atoms with Gasteiger partial charge < -0.3 is 4.42 Å². The van der Waals surface area contributed by atoms with Crippen molar-refractivity contribution < 1.29 is 4.42 Å².